The van der Waals surface area contributed by atoms with Gasteiger partial charge in [-0.3, -0.25) is 0 Å². The standard InChI is InChI=1S/C14H20Cl2O2/c1-4-7-11(15)10-8-13(17-5-2)14(18-6-3)9-12(10)16/h8-9,11H,4-7H2,1-3H3. The van der Waals surface area contributed by atoms with E-state index in [0.29, 0.717) is 29.7 Å². The highest BCUT2D eigenvalue weighted by atomic mass is 35.5. The van der Waals surface area contributed by atoms with Crippen LogP contribution in [-0.2, 0) is 0 Å². The number of alkyl halides is 1. The van der Waals surface area contributed by atoms with E-state index < -0.39 is 0 Å². The Morgan fingerprint density at radius 2 is 1.61 bits per heavy atom. The zero-order valence-corrected chi connectivity index (χ0v) is 12.6. The summed E-state index contributed by atoms with van der Waals surface area (Å²) in [6.45, 7) is 7.13. The van der Waals surface area contributed by atoms with Gasteiger partial charge in [0.1, 0.15) is 0 Å². The van der Waals surface area contributed by atoms with E-state index in [0.717, 1.165) is 18.4 Å². The summed E-state index contributed by atoms with van der Waals surface area (Å²) in [7, 11) is 0. The molecule has 1 rings (SSSR count). The van der Waals surface area contributed by atoms with E-state index in [9.17, 15) is 0 Å². The van der Waals surface area contributed by atoms with Crippen molar-refractivity contribution in [2.24, 2.45) is 0 Å². The van der Waals surface area contributed by atoms with Crippen molar-refractivity contribution in [2.45, 2.75) is 39.0 Å². The lowest BCUT2D eigenvalue weighted by molar-refractivity contribution is 0.287. The fourth-order valence-corrected chi connectivity index (χ4v) is 2.48. The number of benzene rings is 1. The first-order chi connectivity index (χ1) is 8.63. The number of hydrogen-bond donors (Lipinski definition) is 0. The van der Waals surface area contributed by atoms with E-state index in [-0.39, 0.29) is 5.38 Å². The van der Waals surface area contributed by atoms with Gasteiger partial charge in [-0.2, -0.15) is 0 Å². The predicted molar refractivity (Wildman–Crippen MR) is 77.3 cm³/mol. The highest BCUT2D eigenvalue weighted by molar-refractivity contribution is 6.33. The zero-order valence-electron chi connectivity index (χ0n) is 11.1. The maximum absolute atomic E-state index is 6.33. The van der Waals surface area contributed by atoms with Crippen LogP contribution < -0.4 is 9.47 Å². The average Bonchev–Trinajstić information content (AvgIpc) is 2.33. The van der Waals surface area contributed by atoms with Gasteiger partial charge in [0, 0.05) is 11.1 Å². The molecule has 0 saturated heterocycles. The van der Waals surface area contributed by atoms with Crippen LogP contribution in [0.3, 0.4) is 0 Å². The molecule has 0 N–H and O–H groups in total. The van der Waals surface area contributed by atoms with Crippen LogP contribution in [0.2, 0.25) is 5.02 Å². The third-order valence-electron chi connectivity index (χ3n) is 2.54. The first kappa shape index (κ1) is 15.5. The lowest BCUT2D eigenvalue weighted by Gasteiger charge is -2.16. The molecule has 1 unspecified atom stereocenters. The lowest BCUT2D eigenvalue weighted by Crippen LogP contribution is -2.01. The third-order valence-corrected chi connectivity index (χ3v) is 3.32. The lowest BCUT2D eigenvalue weighted by atomic mass is 10.1. The second-order valence-electron chi connectivity index (χ2n) is 3.94. The van der Waals surface area contributed by atoms with Crippen molar-refractivity contribution in [2.75, 3.05) is 13.2 Å². The fraction of sp³-hybridized carbons (Fsp3) is 0.571. The van der Waals surface area contributed by atoms with Crippen LogP contribution in [0, 0.1) is 0 Å². The molecule has 0 saturated carbocycles. The fourth-order valence-electron chi connectivity index (χ4n) is 1.74. The van der Waals surface area contributed by atoms with Gasteiger partial charge in [-0.15, -0.1) is 11.6 Å². The predicted octanol–water partition coefficient (Wildman–Crippen LogP) is 5.22. The van der Waals surface area contributed by atoms with Crippen molar-refractivity contribution in [3.63, 3.8) is 0 Å². The molecule has 0 aliphatic heterocycles. The molecule has 0 heterocycles. The van der Waals surface area contributed by atoms with Crippen LogP contribution in [0.15, 0.2) is 12.1 Å². The summed E-state index contributed by atoms with van der Waals surface area (Å²) in [6.07, 6.45) is 1.91. The number of halogens is 2. The summed E-state index contributed by atoms with van der Waals surface area (Å²) in [5.41, 5.74) is 0.909. The van der Waals surface area contributed by atoms with Gasteiger partial charge in [-0.1, -0.05) is 24.9 Å². The monoisotopic (exact) mass is 290 g/mol. The molecule has 18 heavy (non-hydrogen) atoms. The Morgan fingerprint density at radius 1 is 1.06 bits per heavy atom. The summed E-state index contributed by atoms with van der Waals surface area (Å²) in [6, 6.07) is 3.68. The van der Waals surface area contributed by atoms with Crippen LogP contribution >= 0.6 is 23.2 Å². The van der Waals surface area contributed by atoms with Crippen LogP contribution in [0.25, 0.3) is 0 Å². The molecule has 0 bridgehead atoms. The van der Waals surface area contributed by atoms with E-state index in [4.69, 9.17) is 32.7 Å². The van der Waals surface area contributed by atoms with E-state index >= 15 is 0 Å². The number of ether oxygens (including phenoxy) is 2. The van der Waals surface area contributed by atoms with Crippen molar-refractivity contribution < 1.29 is 9.47 Å². The molecule has 0 radical (unpaired) electrons. The maximum atomic E-state index is 6.33. The Labute approximate surface area is 119 Å². The minimum Gasteiger partial charge on any atom is -0.490 e. The molecule has 0 fully saturated rings. The van der Waals surface area contributed by atoms with E-state index in [1.165, 1.54) is 0 Å². The van der Waals surface area contributed by atoms with Gasteiger partial charge in [0.2, 0.25) is 0 Å². The van der Waals surface area contributed by atoms with Crippen molar-refractivity contribution in [1.82, 2.24) is 0 Å². The second kappa shape index (κ2) is 7.75. The average molecular weight is 291 g/mol. The van der Waals surface area contributed by atoms with Crippen molar-refractivity contribution in [3.05, 3.63) is 22.7 Å². The molecule has 102 valence electrons. The van der Waals surface area contributed by atoms with Crippen molar-refractivity contribution in [1.29, 1.82) is 0 Å². The summed E-state index contributed by atoms with van der Waals surface area (Å²) in [4.78, 5) is 0. The molecule has 0 spiro atoms. The quantitative estimate of drug-likeness (QED) is 0.641. The smallest absolute Gasteiger partial charge is 0.162 e. The topological polar surface area (TPSA) is 18.5 Å². The molecule has 1 aromatic rings. The molecule has 0 amide bonds. The maximum Gasteiger partial charge on any atom is 0.162 e. The summed E-state index contributed by atoms with van der Waals surface area (Å²) < 4.78 is 11.1. The van der Waals surface area contributed by atoms with Crippen LogP contribution in [-0.4, -0.2) is 13.2 Å². The van der Waals surface area contributed by atoms with Gasteiger partial charge in [0.05, 0.1) is 18.6 Å². The van der Waals surface area contributed by atoms with E-state index in [2.05, 4.69) is 6.92 Å². The van der Waals surface area contributed by atoms with Gasteiger partial charge in [-0.25, -0.2) is 0 Å². The van der Waals surface area contributed by atoms with Gasteiger partial charge in [-0.05, 0) is 31.9 Å². The molecule has 1 aromatic carbocycles. The molecular weight excluding hydrogens is 271 g/mol. The SMILES string of the molecule is CCCC(Cl)c1cc(OCC)c(OCC)cc1Cl. The zero-order chi connectivity index (χ0) is 13.5. The molecule has 0 aromatic heterocycles. The molecule has 0 aliphatic carbocycles. The number of hydrogen-bond acceptors (Lipinski definition) is 2. The molecular formula is C14H20Cl2O2. The van der Waals surface area contributed by atoms with Crippen molar-refractivity contribution >= 4 is 23.2 Å². The Morgan fingerprint density at radius 3 is 2.11 bits per heavy atom. The van der Waals surface area contributed by atoms with E-state index in [1.807, 2.05) is 19.9 Å². The van der Waals surface area contributed by atoms with Crippen LogP contribution in [0.4, 0.5) is 0 Å². The van der Waals surface area contributed by atoms with Crippen LogP contribution in [0.1, 0.15) is 44.6 Å². The Balaban J connectivity index is 3.09. The van der Waals surface area contributed by atoms with Crippen LogP contribution in [0.5, 0.6) is 11.5 Å². The van der Waals surface area contributed by atoms with Gasteiger partial charge in [0.15, 0.2) is 11.5 Å². The van der Waals surface area contributed by atoms with Gasteiger partial charge < -0.3 is 9.47 Å². The van der Waals surface area contributed by atoms with E-state index in [1.54, 1.807) is 6.07 Å². The minimum atomic E-state index is -0.0858. The largest absolute Gasteiger partial charge is 0.490 e. The Hall–Kier alpha value is -0.600. The third kappa shape index (κ3) is 3.96. The summed E-state index contributed by atoms with van der Waals surface area (Å²) >= 11 is 12.6. The van der Waals surface area contributed by atoms with Crippen molar-refractivity contribution in [3.8, 4) is 11.5 Å². The normalized spacial score (nSPS) is 12.3. The minimum absolute atomic E-state index is 0.0858. The number of rotatable bonds is 7. The first-order valence-electron chi connectivity index (χ1n) is 6.37. The van der Waals surface area contributed by atoms with Gasteiger partial charge >= 0.3 is 0 Å². The summed E-state index contributed by atoms with van der Waals surface area (Å²) in [5.74, 6) is 1.38. The molecule has 4 heteroatoms. The Bertz CT molecular complexity index is 380. The highest BCUT2D eigenvalue weighted by Crippen LogP contribution is 2.39. The first-order valence-corrected chi connectivity index (χ1v) is 7.18. The van der Waals surface area contributed by atoms with Gasteiger partial charge in [0.25, 0.3) is 0 Å². The molecule has 0 aliphatic rings. The summed E-state index contributed by atoms with van der Waals surface area (Å²) in [5, 5.41) is 0.549. The molecule has 1 atom stereocenters. The second-order valence-corrected chi connectivity index (χ2v) is 4.88. The molecule has 2 nitrogen and oxygen atoms in total. The highest BCUT2D eigenvalue weighted by Gasteiger charge is 2.16. The Kier molecular flexibility index (Phi) is 6.66.